The van der Waals surface area contributed by atoms with Gasteiger partial charge in [-0.3, -0.25) is 0 Å². The van der Waals surface area contributed by atoms with Crippen molar-refractivity contribution in [2.45, 2.75) is 0 Å². The summed E-state index contributed by atoms with van der Waals surface area (Å²) in [6, 6.07) is 9.46. The third-order valence-corrected chi connectivity index (χ3v) is 3.34. The molecular formula is C13H11BCl2O4. The zero-order valence-corrected chi connectivity index (χ0v) is 12.0. The second kappa shape index (κ2) is 6.37. The first-order valence-corrected chi connectivity index (χ1v) is 6.44. The summed E-state index contributed by atoms with van der Waals surface area (Å²) in [5, 5.41) is 19.1. The Kier molecular flexibility index (Phi) is 4.78. The van der Waals surface area contributed by atoms with E-state index in [-0.39, 0.29) is 0 Å². The van der Waals surface area contributed by atoms with Crippen molar-refractivity contribution in [2.24, 2.45) is 0 Å². The fourth-order valence-electron chi connectivity index (χ4n) is 1.60. The maximum absolute atomic E-state index is 9.12. The predicted octanol–water partition coefficient (Wildman–Crippen LogP) is 2.47. The molecule has 2 aromatic carbocycles. The van der Waals surface area contributed by atoms with Crippen molar-refractivity contribution in [3.8, 4) is 17.2 Å². The third-order valence-electron chi connectivity index (χ3n) is 2.60. The molecule has 7 heteroatoms. The molecule has 2 rings (SSSR count). The lowest BCUT2D eigenvalue weighted by Gasteiger charge is -2.12. The molecule has 0 bridgehead atoms. The van der Waals surface area contributed by atoms with Gasteiger partial charge in [0, 0.05) is 6.07 Å². The van der Waals surface area contributed by atoms with E-state index in [0.717, 1.165) is 0 Å². The second-order valence-corrected chi connectivity index (χ2v) is 4.78. The highest BCUT2D eigenvalue weighted by Crippen LogP contribution is 2.33. The molecule has 0 saturated heterocycles. The summed E-state index contributed by atoms with van der Waals surface area (Å²) < 4.78 is 10.8. The van der Waals surface area contributed by atoms with E-state index in [9.17, 15) is 0 Å². The van der Waals surface area contributed by atoms with Crippen molar-refractivity contribution in [2.75, 3.05) is 7.11 Å². The summed E-state index contributed by atoms with van der Waals surface area (Å²) in [6.07, 6.45) is 0. The van der Waals surface area contributed by atoms with Gasteiger partial charge in [0.25, 0.3) is 0 Å². The van der Waals surface area contributed by atoms with E-state index in [0.29, 0.717) is 32.8 Å². The number of halogens is 2. The molecule has 0 aromatic heterocycles. The van der Waals surface area contributed by atoms with Gasteiger partial charge in [0.1, 0.15) is 5.75 Å². The largest absolute Gasteiger partial charge is 0.493 e. The topological polar surface area (TPSA) is 58.9 Å². The Labute approximate surface area is 126 Å². The van der Waals surface area contributed by atoms with Gasteiger partial charge in [0.05, 0.1) is 17.2 Å². The van der Waals surface area contributed by atoms with Crippen LogP contribution in [0.4, 0.5) is 0 Å². The molecule has 0 amide bonds. The van der Waals surface area contributed by atoms with E-state index in [4.69, 9.17) is 42.7 Å². The van der Waals surface area contributed by atoms with E-state index in [2.05, 4.69) is 0 Å². The van der Waals surface area contributed by atoms with Crippen molar-refractivity contribution < 1.29 is 19.5 Å². The quantitative estimate of drug-likeness (QED) is 0.852. The van der Waals surface area contributed by atoms with Gasteiger partial charge in [0.2, 0.25) is 0 Å². The highest BCUT2D eigenvalue weighted by atomic mass is 35.5. The van der Waals surface area contributed by atoms with Gasteiger partial charge in [-0.1, -0.05) is 29.3 Å². The minimum absolute atomic E-state index is 0.309. The molecule has 0 heterocycles. The number of methoxy groups -OCH3 is 1. The second-order valence-electron chi connectivity index (χ2n) is 3.96. The molecule has 2 N–H and O–H groups in total. The van der Waals surface area contributed by atoms with Crippen molar-refractivity contribution in [1.29, 1.82) is 0 Å². The van der Waals surface area contributed by atoms with Crippen LogP contribution in [0.1, 0.15) is 0 Å². The van der Waals surface area contributed by atoms with E-state index >= 15 is 0 Å². The molecule has 104 valence electrons. The zero-order chi connectivity index (χ0) is 14.7. The minimum Gasteiger partial charge on any atom is -0.493 e. The van der Waals surface area contributed by atoms with Crippen LogP contribution in [0.15, 0.2) is 36.4 Å². The molecule has 0 spiro atoms. The van der Waals surface area contributed by atoms with Gasteiger partial charge < -0.3 is 19.5 Å². The van der Waals surface area contributed by atoms with Gasteiger partial charge in [-0.15, -0.1) is 0 Å². The molecule has 0 aliphatic carbocycles. The molecule has 0 aliphatic heterocycles. The van der Waals surface area contributed by atoms with Gasteiger partial charge in [0.15, 0.2) is 11.5 Å². The van der Waals surface area contributed by atoms with E-state index < -0.39 is 7.12 Å². The van der Waals surface area contributed by atoms with Crippen LogP contribution in [0.2, 0.25) is 10.0 Å². The summed E-state index contributed by atoms with van der Waals surface area (Å²) in [6.45, 7) is 0. The molecule has 0 unspecified atom stereocenters. The molecule has 0 fully saturated rings. The predicted molar refractivity (Wildman–Crippen MR) is 79.4 cm³/mol. The standard InChI is InChI=1S/C13H11BCl2O4/c1-19-13-6-8(14(17)18)2-5-12(13)20-9-3-4-10(15)11(16)7-9/h2-7,17-18H,1H3. The van der Waals surface area contributed by atoms with E-state index in [1.165, 1.54) is 19.2 Å². The van der Waals surface area contributed by atoms with Crippen molar-refractivity contribution >= 4 is 35.8 Å². The van der Waals surface area contributed by atoms with Gasteiger partial charge in [-0.05, 0) is 29.7 Å². The first-order chi connectivity index (χ1) is 9.51. The van der Waals surface area contributed by atoms with Gasteiger partial charge in [-0.2, -0.15) is 0 Å². The van der Waals surface area contributed by atoms with Crippen LogP contribution in [0, 0.1) is 0 Å². The van der Waals surface area contributed by atoms with Crippen LogP contribution in [0.3, 0.4) is 0 Å². The molecular weight excluding hydrogens is 302 g/mol. The summed E-state index contributed by atoms with van der Waals surface area (Å²) in [5.41, 5.74) is 0.309. The Morgan fingerprint density at radius 1 is 0.950 bits per heavy atom. The number of hydrogen-bond donors (Lipinski definition) is 2. The highest BCUT2D eigenvalue weighted by Gasteiger charge is 2.15. The highest BCUT2D eigenvalue weighted by molar-refractivity contribution is 6.58. The fourth-order valence-corrected chi connectivity index (χ4v) is 1.88. The number of rotatable bonds is 4. The Hall–Kier alpha value is -1.40. The monoisotopic (exact) mass is 312 g/mol. The van der Waals surface area contributed by atoms with Crippen LogP contribution in [-0.2, 0) is 0 Å². The maximum atomic E-state index is 9.12. The molecule has 2 aromatic rings. The molecule has 20 heavy (non-hydrogen) atoms. The van der Waals surface area contributed by atoms with Gasteiger partial charge >= 0.3 is 7.12 Å². The van der Waals surface area contributed by atoms with E-state index in [1.54, 1.807) is 24.3 Å². The summed E-state index contributed by atoms with van der Waals surface area (Å²) >= 11 is 11.7. The molecule has 0 atom stereocenters. The zero-order valence-electron chi connectivity index (χ0n) is 10.5. The Morgan fingerprint density at radius 3 is 2.30 bits per heavy atom. The van der Waals surface area contributed by atoms with Crippen molar-refractivity contribution in [3.63, 3.8) is 0 Å². The summed E-state index contributed by atoms with van der Waals surface area (Å²) in [7, 11) is -0.104. The lowest BCUT2D eigenvalue weighted by molar-refractivity contribution is 0.378. The fraction of sp³-hybridized carbons (Fsp3) is 0.0769. The number of ether oxygens (including phenoxy) is 2. The Balaban J connectivity index is 2.30. The maximum Gasteiger partial charge on any atom is 0.488 e. The van der Waals surface area contributed by atoms with Crippen LogP contribution in [0.5, 0.6) is 17.2 Å². The average Bonchev–Trinajstić information content (AvgIpc) is 2.43. The molecule has 0 saturated carbocycles. The Morgan fingerprint density at radius 2 is 1.70 bits per heavy atom. The first-order valence-electron chi connectivity index (χ1n) is 5.68. The molecule has 4 nitrogen and oxygen atoms in total. The van der Waals surface area contributed by atoms with Crippen LogP contribution in [-0.4, -0.2) is 24.3 Å². The normalized spacial score (nSPS) is 10.2. The van der Waals surface area contributed by atoms with Crippen LogP contribution in [0.25, 0.3) is 0 Å². The van der Waals surface area contributed by atoms with Crippen molar-refractivity contribution in [3.05, 3.63) is 46.4 Å². The molecule has 0 aliphatic rings. The SMILES string of the molecule is COc1cc(B(O)O)ccc1Oc1ccc(Cl)c(Cl)c1. The van der Waals surface area contributed by atoms with Crippen LogP contribution >= 0.6 is 23.2 Å². The lowest BCUT2D eigenvalue weighted by atomic mass is 9.80. The Bertz CT molecular complexity index is 619. The first kappa shape index (κ1) is 15.0. The number of benzene rings is 2. The number of hydrogen-bond acceptors (Lipinski definition) is 4. The average molecular weight is 313 g/mol. The van der Waals surface area contributed by atoms with E-state index in [1.807, 2.05) is 0 Å². The summed E-state index contributed by atoms with van der Waals surface area (Å²) in [5.74, 6) is 1.30. The van der Waals surface area contributed by atoms with Crippen LogP contribution < -0.4 is 14.9 Å². The smallest absolute Gasteiger partial charge is 0.488 e. The molecule has 0 radical (unpaired) electrons. The van der Waals surface area contributed by atoms with Crippen molar-refractivity contribution in [1.82, 2.24) is 0 Å². The lowest BCUT2D eigenvalue weighted by Crippen LogP contribution is -2.29. The van der Waals surface area contributed by atoms with Gasteiger partial charge in [-0.25, -0.2) is 0 Å². The summed E-state index contributed by atoms with van der Waals surface area (Å²) in [4.78, 5) is 0. The minimum atomic E-state index is -1.57. The third kappa shape index (κ3) is 3.38.